The average Bonchev–Trinajstić information content (AvgIpc) is 3.20. The summed E-state index contributed by atoms with van der Waals surface area (Å²) in [5.41, 5.74) is -1.95. The highest BCUT2D eigenvalue weighted by Gasteiger charge is 2.68. The maximum atomic E-state index is 14.9. The Hall–Kier alpha value is -2.71. The Balaban J connectivity index is 1.68. The fourth-order valence-corrected chi connectivity index (χ4v) is 6.53. The minimum atomic E-state index is -1.38. The first-order valence-corrected chi connectivity index (χ1v) is 13.4. The molecule has 4 fully saturated rings. The van der Waals surface area contributed by atoms with Gasteiger partial charge >= 0.3 is 13.1 Å². The Morgan fingerprint density at radius 3 is 2.56 bits per heavy atom. The van der Waals surface area contributed by atoms with Gasteiger partial charge in [0, 0.05) is 12.8 Å². The summed E-state index contributed by atoms with van der Waals surface area (Å²) in [6.45, 7) is 11.3. The Morgan fingerprint density at radius 2 is 1.97 bits per heavy atom. The number of carbonyl (C=O) groups is 2. The third-order valence-corrected chi connectivity index (χ3v) is 8.60. The van der Waals surface area contributed by atoms with Gasteiger partial charge < -0.3 is 24.1 Å². The fourth-order valence-electron chi connectivity index (χ4n) is 6.53. The first-order chi connectivity index (χ1) is 18.1. The molecule has 11 heteroatoms. The number of ether oxygens (including phenoxy) is 2. The number of nitrogens with one attached hydrogen (secondary N) is 1. The lowest BCUT2D eigenvalue weighted by atomic mass is 9.43. The van der Waals surface area contributed by atoms with E-state index in [1.165, 1.54) is 7.11 Å². The van der Waals surface area contributed by atoms with Crippen molar-refractivity contribution in [2.24, 2.45) is 17.3 Å². The van der Waals surface area contributed by atoms with Gasteiger partial charge in [-0.25, -0.2) is 13.6 Å². The third kappa shape index (κ3) is 5.38. The van der Waals surface area contributed by atoms with Gasteiger partial charge in [0.1, 0.15) is 16.9 Å². The predicted octanol–water partition coefficient (Wildman–Crippen LogP) is 4.53. The van der Waals surface area contributed by atoms with E-state index >= 15 is 0 Å². The zero-order valence-corrected chi connectivity index (χ0v) is 23.7. The smallest absolute Gasteiger partial charge is 0.482 e. The molecule has 1 aromatic rings. The highest BCUT2D eigenvalue weighted by atomic mass is 19.2. The van der Waals surface area contributed by atoms with Crippen LogP contribution in [0.4, 0.5) is 8.78 Å². The molecule has 3 aliphatic carbocycles. The summed E-state index contributed by atoms with van der Waals surface area (Å²) in [6.07, 6.45) is 1.56. The Bertz CT molecular complexity index is 1200. The van der Waals surface area contributed by atoms with E-state index in [4.69, 9.17) is 24.0 Å². The minimum absolute atomic E-state index is 0.0144. The first-order valence-electron chi connectivity index (χ1n) is 13.4. The summed E-state index contributed by atoms with van der Waals surface area (Å²) in [7, 11) is 0.363. The molecule has 1 heterocycles. The largest absolute Gasteiger partial charge is 0.495 e. The zero-order chi connectivity index (χ0) is 28.9. The van der Waals surface area contributed by atoms with Crippen LogP contribution < -0.4 is 10.1 Å². The van der Waals surface area contributed by atoms with Gasteiger partial charge in [-0.1, -0.05) is 13.8 Å². The molecule has 0 aromatic heterocycles. The second-order valence-corrected chi connectivity index (χ2v) is 12.6. The number of amides is 1. The van der Waals surface area contributed by atoms with Crippen molar-refractivity contribution in [3.05, 3.63) is 28.8 Å². The topological polar surface area (TPSA) is 107 Å². The van der Waals surface area contributed by atoms with Crippen LogP contribution in [0.1, 0.15) is 83.1 Å². The van der Waals surface area contributed by atoms with E-state index in [-0.39, 0.29) is 48.0 Å². The van der Waals surface area contributed by atoms with Crippen molar-refractivity contribution in [1.82, 2.24) is 5.32 Å². The van der Waals surface area contributed by atoms with Crippen molar-refractivity contribution in [3.8, 4) is 11.8 Å². The molecule has 1 amide bonds. The predicted molar refractivity (Wildman–Crippen MR) is 139 cm³/mol. The van der Waals surface area contributed by atoms with Crippen LogP contribution in [0.25, 0.3) is 0 Å². The van der Waals surface area contributed by atoms with Crippen LogP contribution in [0.15, 0.2) is 6.07 Å². The Morgan fingerprint density at radius 1 is 1.28 bits per heavy atom. The summed E-state index contributed by atoms with van der Waals surface area (Å²) in [4.78, 5) is 25.6. The summed E-state index contributed by atoms with van der Waals surface area (Å²) in [6, 6.07) is 2.89. The molecular weight excluding hydrogens is 509 g/mol. The molecule has 3 saturated carbocycles. The SMILES string of the molecule is COc1c(CC(NC(=O)CCC#N)B2OC3CC4CC(C4(C)C)C3(C)O2)cc(F)c(F)c1C(=O)OC(C)(C)C. The first kappa shape index (κ1) is 29.3. The summed E-state index contributed by atoms with van der Waals surface area (Å²) in [5, 5.41) is 11.8. The van der Waals surface area contributed by atoms with Crippen LogP contribution in [-0.2, 0) is 25.3 Å². The number of nitrogens with zero attached hydrogens (tertiary/aromatic N) is 1. The van der Waals surface area contributed by atoms with E-state index < -0.39 is 53.3 Å². The molecule has 8 nitrogen and oxygen atoms in total. The van der Waals surface area contributed by atoms with E-state index in [1.54, 1.807) is 20.8 Å². The monoisotopic (exact) mass is 546 g/mol. The van der Waals surface area contributed by atoms with Gasteiger partial charge in [0.05, 0.1) is 30.8 Å². The number of methoxy groups -OCH3 is 1. The molecule has 212 valence electrons. The molecule has 0 radical (unpaired) electrons. The second-order valence-electron chi connectivity index (χ2n) is 12.6. The van der Waals surface area contributed by atoms with Gasteiger partial charge in [0.2, 0.25) is 5.91 Å². The van der Waals surface area contributed by atoms with Crippen molar-refractivity contribution in [3.63, 3.8) is 0 Å². The van der Waals surface area contributed by atoms with E-state index in [9.17, 15) is 18.4 Å². The molecule has 1 N–H and O–H groups in total. The van der Waals surface area contributed by atoms with Crippen molar-refractivity contribution in [1.29, 1.82) is 5.26 Å². The molecule has 0 spiro atoms. The van der Waals surface area contributed by atoms with Gasteiger partial charge in [0.15, 0.2) is 11.6 Å². The summed E-state index contributed by atoms with van der Waals surface area (Å²) < 4.78 is 53.4. The highest BCUT2D eigenvalue weighted by Crippen LogP contribution is 2.65. The maximum Gasteiger partial charge on any atom is 0.482 e. The summed E-state index contributed by atoms with van der Waals surface area (Å²) >= 11 is 0. The molecule has 1 saturated heterocycles. The van der Waals surface area contributed by atoms with Crippen LogP contribution >= 0.6 is 0 Å². The van der Waals surface area contributed by atoms with Crippen LogP contribution in [0.2, 0.25) is 0 Å². The van der Waals surface area contributed by atoms with Gasteiger partial charge in [-0.15, -0.1) is 0 Å². The van der Waals surface area contributed by atoms with Gasteiger partial charge in [-0.2, -0.15) is 5.26 Å². The number of nitriles is 1. The maximum absolute atomic E-state index is 14.9. The molecule has 5 rings (SSSR count). The van der Waals surface area contributed by atoms with Gasteiger partial charge in [0.25, 0.3) is 0 Å². The molecule has 2 bridgehead atoms. The number of carbonyl (C=O) groups excluding carboxylic acids is 2. The van der Waals surface area contributed by atoms with Crippen LogP contribution in [0.5, 0.6) is 5.75 Å². The highest BCUT2D eigenvalue weighted by molar-refractivity contribution is 6.48. The van der Waals surface area contributed by atoms with Gasteiger partial charge in [-0.3, -0.25) is 4.79 Å². The molecule has 5 unspecified atom stereocenters. The van der Waals surface area contributed by atoms with Crippen LogP contribution in [0.3, 0.4) is 0 Å². The fraction of sp³-hybridized carbons (Fsp3) is 0.679. The molecule has 4 aliphatic rings. The van der Waals surface area contributed by atoms with E-state index in [1.807, 2.05) is 13.0 Å². The van der Waals surface area contributed by atoms with E-state index in [0.717, 1.165) is 18.9 Å². The number of hydrogen-bond acceptors (Lipinski definition) is 7. The standard InChI is InChI=1S/C28H37BF2N2O6/c1-26(2,3)37-25(35)22-23(31)17(30)11-15(24(22)36-7)12-20(33-21(34)9-8-10-32)29-38-19-14-16-13-18(27(16,4)5)28(19,6)39-29/h11,16,18-20H,8-9,12-14H2,1-7H3,(H,33,34). The average molecular weight is 546 g/mol. The second kappa shape index (κ2) is 10.4. The van der Waals surface area contributed by atoms with E-state index in [0.29, 0.717) is 5.92 Å². The van der Waals surface area contributed by atoms with Crippen LogP contribution in [-0.4, -0.2) is 49.4 Å². The number of benzene rings is 1. The number of halogens is 2. The molecular formula is C28H37BF2N2O6. The normalized spacial score (nSPS) is 27.6. The van der Waals surface area contributed by atoms with Crippen LogP contribution in [0, 0.1) is 40.2 Å². The molecule has 1 aromatic carbocycles. The van der Waals surface area contributed by atoms with Crippen molar-refractivity contribution < 1.29 is 37.2 Å². The molecule has 39 heavy (non-hydrogen) atoms. The lowest BCUT2D eigenvalue weighted by Crippen LogP contribution is -2.65. The van der Waals surface area contributed by atoms with Gasteiger partial charge in [-0.05, 0) is 75.8 Å². The zero-order valence-electron chi connectivity index (χ0n) is 23.7. The number of esters is 1. The summed E-state index contributed by atoms with van der Waals surface area (Å²) in [5.74, 6) is -4.35. The lowest BCUT2D eigenvalue weighted by Gasteiger charge is -2.64. The molecule has 5 atom stereocenters. The van der Waals surface area contributed by atoms with E-state index in [2.05, 4.69) is 19.2 Å². The Labute approximate surface area is 228 Å². The van der Waals surface area contributed by atoms with Crippen molar-refractivity contribution >= 4 is 19.0 Å². The number of hydrogen-bond donors (Lipinski definition) is 1. The molecule has 1 aliphatic heterocycles. The lowest BCUT2D eigenvalue weighted by molar-refractivity contribution is -0.199. The number of rotatable bonds is 8. The third-order valence-electron chi connectivity index (χ3n) is 8.60. The Kier molecular flexibility index (Phi) is 7.78. The quantitative estimate of drug-likeness (QED) is 0.377. The van der Waals surface area contributed by atoms with Crippen molar-refractivity contribution in [2.75, 3.05) is 7.11 Å². The minimum Gasteiger partial charge on any atom is -0.495 e. The van der Waals surface area contributed by atoms with Crippen molar-refractivity contribution in [2.45, 2.75) is 96.9 Å².